The van der Waals surface area contributed by atoms with Gasteiger partial charge in [-0.05, 0) is 57.4 Å². The van der Waals surface area contributed by atoms with Gasteiger partial charge in [0, 0.05) is 13.1 Å². The molecule has 2 fully saturated rings. The number of carboxylic acids is 1. The Morgan fingerprint density at radius 1 is 1.03 bits per heavy atom. The van der Waals surface area contributed by atoms with Gasteiger partial charge in [0.25, 0.3) is 0 Å². The minimum atomic E-state index is -1.08. The number of carbonyl (C=O) groups excluding carboxylic acids is 3. The Balaban J connectivity index is 2.04. The van der Waals surface area contributed by atoms with Crippen molar-refractivity contribution in [2.24, 2.45) is 17.4 Å². The van der Waals surface area contributed by atoms with Gasteiger partial charge in [0.1, 0.15) is 18.1 Å². The lowest BCUT2D eigenvalue weighted by molar-refractivity contribution is -0.148. The van der Waals surface area contributed by atoms with Crippen molar-refractivity contribution in [3.05, 3.63) is 0 Å². The maximum absolute atomic E-state index is 13.3. The molecule has 32 heavy (non-hydrogen) atoms. The number of hydrogen-bond acceptors (Lipinski definition) is 6. The topological polar surface area (TPSA) is 159 Å². The van der Waals surface area contributed by atoms with Crippen molar-refractivity contribution < 1.29 is 24.3 Å². The molecule has 0 saturated carbocycles. The summed E-state index contributed by atoms with van der Waals surface area (Å²) in [7, 11) is 0. The number of nitrogens with zero attached hydrogens (tertiary/aromatic N) is 2. The van der Waals surface area contributed by atoms with Crippen LogP contribution in [-0.4, -0.2) is 82.4 Å². The lowest BCUT2D eigenvalue weighted by Crippen LogP contribution is -2.56. The molecule has 0 aliphatic carbocycles. The summed E-state index contributed by atoms with van der Waals surface area (Å²) in [5, 5.41) is 12.0. The number of unbranched alkanes of at least 4 members (excludes halogenated alkanes) is 1. The fourth-order valence-corrected chi connectivity index (χ4v) is 4.59. The molecule has 2 saturated heterocycles. The second kappa shape index (κ2) is 12.2. The number of nitrogens with one attached hydrogen (secondary N) is 1. The molecule has 0 aromatic rings. The van der Waals surface area contributed by atoms with Crippen molar-refractivity contribution >= 4 is 23.7 Å². The van der Waals surface area contributed by atoms with E-state index >= 15 is 0 Å². The van der Waals surface area contributed by atoms with Crippen LogP contribution in [0, 0.1) is 5.92 Å². The molecule has 10 nitrogen and oxygen atoms in total. The number of nitrogens with two attached hydrogens (primary N) is 2. The minimum absolute atomic E-state index is 0.102. The zero-order valence-electron chi connectivity index (χ0n) is 19.3. The smallest absolute Gasteiger partial charge is 0.326 e. The van der Waals surface area contributed by atoms with Gasteiger partial charge < -0.3 is 31.7 Å². The van der Waals surface area contributed by atoms with Crippen LogP contribution < -0.4 is 16.8 Å². The highest BCUT2D eigenvalue weighted by molar-refractivity contribution is 5.94. The van der Waals surface area contributed by atoms with Crippen LogP contribution in [-0.2, 0) is 19.2 Å². The summed E-state index contributed by atoms with van der Waals surface area (Å²) < 4.78 is 0. The monoisotopic (exact) mass is 453 g/mol. The summed E-state index contributed by atoms with van der Waals surface area (Å²) in [5.41, 5.74) is 11.6. The van der Waals surface area contributed by atoms with Gasteiger partial charge in [-0.15, -0.1) is 0 Å². The molecule has 0 radical (unpaired) electrons. The molecule has 0 bridgehead atoms. The maximum atomic E-state index is 13.3. The van der Waals surface area contributed by atoms with Crippen molar-refractivity contribution in [3.63, 3.8) is 0 Å². The zero-order chi connectivity index (χ0) is 23.8. The summed E-state index contributed by atoms with van der Waals surface area (Å²) in [6.07, 6.45) is 4.76. The second-order valence-electron chi connectivity index (χ2n) is 9.30. The lowest BCUT2D eigenvalue weighted by atomic mass is 10.0. The second-order valence-corrected chi connectivity index (χ2v) is 9.30. The number of likely N-dealkylation sites (tertiary alicyclic amines) is 2. The van der Waals surface area contributed by atoms with Gasteiger partial charge in [0.2, 0.25) is 17.7 Å². The quantitative estimate of drug-likeness (QED) is 0.321. The molecule has 0 spiro atoms. The first-order chi connectivity index (χ1) is 15.2. The molecule has 3 amide bonds. The van der Waals surface area contributed by atoms with Crippen molar-refractivity contribution in [1.29, 1.82) is 0 Å². The van der Waals surface area contributed by atoms with Gasteiger partial charge in [0.05, 0.1) is 6.04 Å². The van der Waals surface area contributed by atoms with Gasteiger partial charge in [0.15, 0.2) is 0 Å². The average Bonchev–Trinajstić information content (AvgIpc) is 3.41. The fourth-order valence-electron chi connectivity index (χ4n) is 4.59. The van der Waals surface area contributed by atoms with E-state index in [1.807, 2.05) is 13.8 Å². The van der Waals surface area contributed by atoms with Crippen LogP contribution in [0.3, 0.4) is 0 Å². The lowest BCUT2D eigenvalue weighted by Gasteiger charge is -2.32. The number of amides is 3. The number of aliphatic carboxylic acids is 1. The molecule has 10 heteroatoms. The Morgan fingerprint density at radius 3 is 2.25 bits per heavy atom. The predicted octanol–water partition coefficient (Wildman–Crippen LogP) is 0.0402. The minimum Gasteiger partial charge on any atom is -0.480 e. The Hall–Kier alpha value is -2.20. The zero-order valence-corrected chi connectivity index (χ0v) is 19.3. The highest BCUT2D eigenvalue weighted by Crippen LogP contribution is 2.26. The number of carbonyl (C=O) groups is 4. The molecule has 2 aliphatic rings. The summed E-state index contributed by atoms with van der Waals surface area (Å²) in [5.74, 6) is -1.92. The number of hydrogen-bond donors (Lipinski definition) is 4. The third-order valence-electron chi connectivity index (χ3n) is 6.27. The summed E-state index contributed by atoms with van der Waals surface area (Å²) in [6.45, 7) is 5.21. The Morgan fingerprint density at radius 2 is 1.66 bits per heavy atom. The largest absolute Gasteiger partial charge is 0.480 e. The SMILES string of the molecule is CC(C)CC(NC(=O)C1CCCN1C(=O)C1CCCN1C(=O)C(N)CCCCN)C(=O)O. The van der Waals surface area contributed by atoms with Gasteiger partial charge in [-0.2, -0.15) is 0 Å². The third kappa shape index (κ3) is 6.65. The van der Waals surface area contributed by atoms with E-state index in [1.165, 1.54) is 4.90 Å². The van der Waals surface area contributed by atoms with Crippen LogP contribution in [0.2, 0.25) is 0 Å². The molecule has 0 aromatic heterocycles. The highest BCUT2D eigenvalue weighted by Gasteiger charge is 2.43. The van der Waals surface area contributed by atoms with Crippen LogP contribution in [0.4, 0.5) is 0 Å². The standard InChI is InChI=1S/C22H39N5O5/c1-14(2)13-16(22(31)32)25-19(28)17-8-5-11-26(17)21(30)18-9-6-12-27(18)20(29)15(24)7-3-4-10-23/h14-18H,3-13,23-24H2,1-2H3,(H,25,28)(H,31,32). The Bertz CT molecular complexity index is 686. The molecule has 2 rings (SSSR count). The highest BCUT2D eigenvalue weighted by atomic mass is 16.4. The fraction of sp³-hybridized carbons (Fsp3) is 0.818. The van der Waals surface area contributed by atoms with Crippen molar-refractivity contribution in [2.75, 3.05) is 19.6 Å². The van der Waals surface area contributed by atoms with Crippen molar-refractivity contribution in [3.8, 4) is 0 Å². The first-order valence-electron chi connectivity index (χ1n) is 11.8. The van der Waals surface area contributed by atoms with Crippen LogP contribution in [0.15, 0.2) is 0 Å². The molecule has 6 N–H and O–H groups in total. The van der Waals surface area contributed by atoms with E-state index in [0.717, 1.165) is 12.8 Å². The normalized spacial score (nSPS) is 22.8. The number of rotatable bonds is 11. The van der Waals surface area contributed by atoms with E-state index < -0.39 is 36.0 Å². The average molecular weight is 454 g/mol. The third-order valence-corrected chi connectivity index (χ3v) is 6.27. The van der Waals surface area contributed by atoms with Gasteiger partial charge in [-0.25, -0.2) is 4.79 Å². The van der Waals surface area contributed by atoms with Crippen LogP contribution in [0.5, 0.6) is 0 Å². The van der Waals surface area contributed by atoms with Gasteiger partial charge >= 0.3 is 5.97 Å². The molecule has 2 aliphatic heterocycles. The molecule has 2 heterocycles. The van der Waals surface area contributed by atoms with E-state index in [4.69, 9.17) is 11.5 Å². The molecule has 4 unspecified atom stereocenters. The first-order valence-corrected chi connectivity index (χ1v) is 11.8. The maximum Gasteiger partial charge on any atom is 0.326 e. The van der Waals surface area contributed by atoms with Crippen molar-refractivity contribution in [1.82, 2.24) is 15.1 Å². The van der Waals surface area contributed by atoms with E-state index in [1.54, 1.807) is 4.90 Å². The van der Waals surface area contributed by atoms with E-state index in [9.17, 15) is 24.3 Å². The first kappa shape index (κ1) is 26.1. The van der Waals surface area contributed by atoms with Crippen LogP contribution in [0.1, 0.15) is 65.2 Å². The molecule has 182 valence electrons. The van der Waals surface area contributed by atoms with Crippen molar-refractivity contribution in [2.45, 2.75) is 89.4 Å². The molecule has 4 atom stereocenters. The summed E-state index contributed by atoms with van der Waals surface area (Å²) in [4.78, 5) is 53.7. The molecule has 0 aromatic carbocycles. The van der Waals surface area contributed by atoms with Gasteiger partial charge in [-0.3, -0.25) is 14.4 Å². The van der Waals surface area contributed by atoms with Crippen LogP contribution in [0.25, 0.3) is 0 Å². The van der Waals surface area contributed by atoms with E-state index in [0.29, 0.717) is 58.2 Å². The van der Waals surface area contributed by atoms with E-state index in [-0.39, 0.29) is 17.7 Å². The Kier molecular flexibility index (Phi) is 9.89. The van der Waals surface area contributed by atoms with Crippen LogP contribution >= 0.6 is 0 Å². The molecular formula is C22H39N5O5. The summed E-state index contributed by atoms with van der Waals surface area (Å²) in [6, 6.07) is -2.99. The van der Waals surface area contributed by atoms with E-state index in [2.05, 4.69) is 5.32 Å². The summed E-state index contributed by atoms with van der Waals surface area (Å²) >= 11 is 0. The number of carboxylic acid groups (broad SMARTS) is 1. The Labute approximate surface area is 190 Å². The molecular weight excluding hydrogens is 414 g/mol. The predicted molar refractivity (Wildman–Crippen MR) is 119 cm³/mol. The van der Waals surface area contributed by atoms with Gasteiger partial charge in [-0.1, -0.05) is 20.3 Å².